The SMILES string of the molecule is Cc1cccc(Cc2cc(O)ccc2C[C@H](NC(=O)c2cn3ccc(-c4ccc(Cl)cc4)cc3n2)C(=O)O)c1. The van der Waals surface area contributed by atoms with Crippen molar-refractivity contribution >= 4 is 29.1 Å². The van der Waals surface area contributed by atoms with Gasteiger partial charge in [-0.2, -0.15) is 0 Å². The van der Waals surface area contributed by atoms with Gasteiger partial charge in [-0.25, -0.2) is 9.78 Å². The molecule has 0 aliphatic rings. The quantitative estimate of drug-likeness (QED) is 0.235. The first kappa shape index (κ1) is 26.0. The topological polar surface area (TPSA) is 104 Å². The molecular formula is C31H26ClN3O4. The minimum Gasteiger partial charge on any atom is -0.508 e. The second-order valence-electron chi connectivity index (χ2n) is 9.50. The fourth-order valence-corrected chi connectivity index (χ4v) is 4.71. The number of halogens is 1. The van der Waals surface area contributed by atoms with Crippen LogP contribution in [0.3, 0.4) is 0 Å². The van der Waals surface area contributed by atoms with E-state index in [1.54, 1.807) is 41.1 Å². The minimum atomic E-state index is -1.19. The number of aromatic nitrogens is 2. The molecule has 0 saturated heterocycles. The number of carboxylic acid groups (broad SMARTS) is 1. The Labute approximate surface area is 230 Å². The molecule has 0 saturated carbocycles. The lowest BCUT2D eigenvalue weighted by Crippen LogP contribution is -2.42. The third kappa shape index (κ3) is 6.10. The number of aliphatic carboxylic acids is 1. The number of carboxylic acids is 1. The Hall–Kier alpha value is -4.62. The number of aryl methyl sites for hydroxylation is 1. The Bertz CT molecular complexity index is 1680. The first-order chi connectivity index (χ1) is 18.7. The van der Waals surface area contributed by atoms with Crippen molar-refractivity contribution in [3.05, 3.63) is 124 Å². The van der Waals surface area contributed by atoms with Crippen molar-refractivity contribution in [2.24, 2.45) is 0 Å². The van der Waals surface area contributed by atoms with Gasteiger partial charge in [-0.1, -0.05) is 59.6 Å². The molecule has 196 valence electrons. The lowest BCUT2D eigenvalue weighted by molar-refractivity contribution is -0.139. The molecule has 0 aliphatic carbocycles. The lowest BCUT2D eigenvalue weighted by atomic mass is 9.94. The summed E-state index contributed by atoms with van der Waals surface area (Å²) in [6, 6.07) is 22.8. The van der Waals surface area contributed by atoms with E-state index in [2.05, 4.69) is 10.3 Å². The fraction of sp³-hybridized carbons (Fsp3) is 0.129. The number of pyridine rings is 1. The molecule has 3 N–H and O–H groups in total. The molecule has 5 aromatic rings. The van der Waals surface area contributed by atoms with Crippen LogP contribution in [0.25, 0.3) is 16.8 Å². The zero-order valence-corrected chi connectivity index (χ0v) is 21.9. The predicted octanol–water partition coefficient (Wildman–Crippen LogP) is 5.69. The summed E-state index contributed by atoms with van der Waals surface area (Å²) in [5, 5.41) is 23.3. The van der Waals surface area contributed by atoms with E-state index in [9.17, 15) is 19.8 Å². The molecule has 39 heavy (non-hydrogen) atoms. The monoisotopic (exact) mass is 539 g/mol. The van der Waals surface area contributed by atoms with Crippen molar-refractivity contribution < 1.29 is 19.8 Å². The van der Waals surface area contributed by atoms with Crippen molar-refractivity contribution in [3.8, 4) is 16.9 Å². The van der Waals surface area contributed by atoms with Crippen LogP contribution in [0, 0.1) is 6.92 Å². The molecule has 5 rings (SSSR count). The third-order valence-electron chi connectivity index (χ3n) is 6.56. The highest BCUT2D eigenvalue weighted by atomic mass is 35.5. The van der Waals surface area contributed by atoms with Crippen molar-refractivity contribution in [2.75, 3.05) is 0 Å². The highest BCUT2D eigenvalue weighted by Crippen LogP contribution is 2.24. The van der Waals surface area contributed by atoms with Gasteiger partial charge in [0.25, 0.3) is 5.91 Å². The van der Waals surface area contributed by atoms with E-state index in [1.165, 1.54) is 6.07 Å². The number of hydrogen-bond acceptors (Lipinski definition) is 4. The number of fused-ring (bicyclic) bond motifs is 1. The van der Waals surface area contributed by atoms with Gasteiger partial charge in [0, 0.05) is 23.8 Å². The van der Waals surface area contributed by atoms with Crippen LogP contribution in [-0.4, -0.2) is 37.5 Å². The number of benzene rings is 3. The van der Waals surface area contributed by atoms with Gasteiger partial charge in [-0.15, -0.1) is 0 Å². The molecule has 2 heterocycles. The van der Waals surface area contributed by atoms with Crippen LogP contribution in [0.5, 0.6) is 5.75 Å². The molecule has 1 amide bonds. The predicted molar refractivity (Wildman–Crippen MR) is 150 cm³/mol. The van der Waals surface area contributed by atoms with Crippen LogP contribution in [-0.2, 0) is 17.6 Å². The van der Waals surface area contributed by atoms with Crippen molar-refractivity contribution in [1.82, 2.24) is 14.7 Å². The summed E-state index contributed by atoms with van der Waals surface area (Å²) >= 11 is 5.99. The number of hydrogen-bond donors (Lipinski definition) is 3. The number of carbonyl (C=O) groups excluding carboxylic acids is 1. The van der Waals surface area contributed by atoms with E-state index in [0.29, 0.717) is 17.1 Å². The standard InChI is InChI=1S/C31H26ClN3O4/c1-19-3-2-4-20(13-19)14-24-15-26(36)10-7-22(24)16-27(31(38)39)34-30(37)28-18-35-12-11-23(17-29(35)33-28)21-5-8-25(32)9-6-21/h2-13,15,17-18,27,36H,14,16H2,1H3,(H,34,37)(H,38,39)/t27-/m0/s1. The van der Waals surface area contributed by atoms with Gasteiger partial charge >= 0.3 is 5.97 Å². The summed E-state index contributed by atoms with van der Waals surface area (Å²) in [5.74, 6) is -1.65. The van der Waals surface area contributed by atoms with E-state index < -0.39 is 17.9 Å². The van der Waals surface area contributed by atoms with Gasteiger partial charge in [0.05, 0.1) is 0 Å². The van der Waals surface area contributed by atoms with Gasteiger partial charge in [-0.05, 0) is 77.6 Å². The largest absolute Gasteiger partial charge is 0.508 e. The van der Waals surface area contributed by atoms with Crippen LogP contribution in [0.2, 0.25) is 5.02 Å². The first-order valence-corrected chi connectivity index (χ1v) is 12.8. The summed E-state index contributed by atoms with van der Waals surface area (Å²) in [6.07, 6.45) is 3.94. The number of amides is 1. The number of nitrogens with one attached hydrogen (secondary N) is 1. The Morgan fingerprint density at radius 3 is 2.51 bits per heavy atom. The summed E-state index contributed by atoms with van der Waals surface area (Å²) in [4.78, 5) is 29.7. The maximum atomic E-state index is 13.1. The zero-order chi connectivity index (χ0) is 27.5. The number of imidazole rings is 1. The second kappa shape index (κ2) is 11.0. The maximum Gasteiger partial charge on any atom is 0.326 e. The van der Waals surface area contributed by atoms with Crippen LogP contribution in [0.4, 0.5) is 0 Å². The smallest absolute Gasteiger partial charge is 0.326 e. The summed E-state index contributed by atoms with van der Waals surface area (Å²) in [6.45, 7) is 2.00. The number of phenols is 1. The van der Waals surface area contributed by atoms with Crippen molar-refractivity contribution in [2.45, 2.75) is 25.8 Å². The van der Waals surface area contributed by atoms with Gasteiger partial charge in [0.1, 0.15) is 23.1 Å². The van der Waals surface area contributed by atoms with E-state index in [0.717, 1.165) is 33.4 Å². The average molecular weight is 540 g/mol. The van der Waals surface area contributed by atoms with Crippen LogP contribution in [0.15, 0.2) is 91.3 Å². The number of carbonyl (C=O) groups is 2. The Kier molecular flexibility index (Phi) is 7.34. The van der Waals surface area contributed by atoms with Crippen LogP contribution < -0.4 is 5.32 Å². The lowest BCUT2D eigenvalue weighted by Gasteiger charge is -2.17. The van der Waals surface area contributed by atoms with Gasteiger partial charge in [-0.3, -0.25) is 4.79 Å². The Morgan fingerprint density at radius 1 is 0.974 bits per heavy atom. The normalized spacial score (nSPS) is 11.8. The molecule has 2 aromatic heterocycles. The molecule has 0 aliphatic heterocycles. The molecular weight excluding hydrogens is 514 g/mol. The molecule has 0 radical (unpaired) electrons. The Morgan fingerprint density at radius 2 is 1.77 bits per heavy atom. The van der Waals surface area contributed by atoms with E-state index >= 15 is 0 Å². The first-order valence-electron chi connectivity index (χ1n) is 12.4. The molecule has 0 bridgehead atoms. The molecule has 1 atom stereocenters. The minimum absolute atomic E-state index is 0.0522. The number of phenolic OH excluding ortho intramolecular Hbond substituents is 1. The zero-order valence-electron chi connectivity index (χ0n) is 21.1. The molecule has 3 aromatic carbocycles. The van der Waals surface area contributed by atoms with Gasteiger partial charge < -0.3 is 19.9 Å². The van der Waals surface area contributed by atoms with Gasteiger partial charge in [0.15, 0.2) is 0 Å². The maximum absolute atomic E-state index is 13.1. The van der Waals surface area contributed by atoms with Crippen molar-refractivity contribution in [3.63, 3.8) is 0 Å². The molecule has 7 nitrogen and oxygen atoms in total. The van der Waals surface area contributed by atoms with Gasteiger partial charge in [0.2, 0.25) is 0 Å². The Balaban J connectivity index is 1.36. The average Bonchev–Trinajstić information content (AvgIpc) is 3.34. The second-order valence-corrected chi connectivity index (χ2v) is 9.94. The molecule has 0 spiro atoms. The van der Waals surface area contributed by atoms with Crippen LogP contribution in [0.1, 0.15) is 32.7 Å². The van der Waals surface area contributed by atoms with Crippen LogP contribution >= 0.6 is 11.6 Å². The summed E-state index contributed by atoms with van der Waals surface area (Å²) in [5.41, 5.74) is 6.20. The number of rotatable bonds is 8. The highest BCUT2D eigenvalue weighted by Gasteiger charge is 2.24. The molecule has 8 heteroatoms. The molecule has 0 unspecified atom stereocenters. The number of aromatic hydroxyl groups is 1. The number of nitrogens with zero attached hydrogens (tertiary/aromatic N) is 2. The third-order valence-corrected chi connectivity index (χ3v) is 6.82. The van der Waals surface area contributed by atoms with E-state index in [4.69, 9.17) is 11.6 Å². The van der Waals surface area contributed by atoms with E-state index in [1.807, 2.05) is 55.5 Å². The fourth-order valence-electron chi connectivity index (χ4n) is 4.58. The van der Waals surface area contributed by atoms with Crippen molar-refractivity contribution in [1.29, 1.82) is 0 Å². The summed E-state index contributed by atoms with van der Waals surface area (Å²) in [7, 11) is 0. The highest BCUT2D eigenvalue weighted by molar-refractivity contribution is 6.30. The molecule has 0 fully saturated rings. The van der Waals surface area contributed by atoms with E-state index in [-0.39, 0.29) is 17.9 Å². The summed E-state index contributed by atoms with van der Waals surface area (Å²) < 4.78 is 1.71.